The van der Waals surface area contributed by atoms with Crippen molar-refractivity contribution in [3.8, 4) is 17.2 Å². The Labute approximate surface area is 206 Å². The van der Waals surface area contributed by atoms with Crippen molar-refractivity contribution in [1.82, 2.24) is 5.32 Å². The molecular weight excluding hydrogens is 475 g/mol. The van der Waals surface area contributed by atoms with E-state index in [2.05, 4.69) is 5.32 Å². The fourth-order valence-electron chi connectivity index (χ4n) is 3.28. The highest BCUT2D eigenvalue weighted by molar-refractivity contribution is 5.94. The number of alkyl halides is 3. The maximum atomic E-state index is 12.9. The number of hydrogen-bond donors (Lipinski definition) is 2. The summed E-state index contributed by atoms with van der Waals surface area (Å²) >= 11 is 0. The Morgan fingerprint density at radius 3 is 2.31 bits per heavy atom. The topological polar surface area (TPSA) is 84.9 Å². The van der Waals surface area contributed by atoms with Crippen LogP contribution in [0, 0.1) is 6.92 Å². The monoisotopic (exact) mass is 501 g/mol. The molecule has 0 radical (unpaired) electrons. The van der Waals surface area contributed by atoms with E-state index in [9.17, 15) is 27.9 Å². The Bertz CT molecular complexity index is 1250. The van der Waals surface area contributed by atoms with Gasteiger partial charge in [-0.15, -0.1) is 0 Å². The number of nitrogens with one attached hydrogen (secondary N) is 1. The molecule has 0 spiro atoms. The van der Waals surface area contributed by atoms with Gasteiger partial charge in [0.1, 0.15) is 17.2 Å². The molecule has 0 aromatic heterocycles. The molecule has 3 rings (SSSR count). The molecule has 6 nitrogen and oxygen atoms in total. The van der Waals surface area contributed by atoms with Crippen molar-refractivity contribution in [3.05, 3.63) is 89.0 Å². The summed E-state index contributed by atoms with van der Waals surface area (Å²) in [6, 6.07) is 16.4. The fraction of sp³-hybridized carbons (Fsp3) is 0.259. The van der Waals surface area contributed by atoms with Crippen LogP contribution in [-0.4, -0.2) is 29.1 Å². The smallest absolute Gasteiger partial charge is 0.416 e. The number of carboxylic acids is 1. The second-order valence-corrected chi connectivity index (χ2v) is 8.68. The first-order valence-electron chi connectivity index (χ1n) is 11.1. The lowest BCUT2D eigenvalue weighted by molar-refractivity contribution is -0.152. The highest BCUT2D eigenvalue weighted by Gasteiger charge is 2.31. The van der Waals surface area contributed by atoms with Gasteiger partial charge >= 0.3 is 12.1 Å². The van der Waals surface area contributed by atoms with E-state index in [1.54, 1.807) is 55.5 Å². The first kappa shape index (κ1) is 26.6. The molecule has 36 heavy (non-hydrogen) atoms. The lowest BCUT2D eigenvalue weighted by atomic mass is 10.1. The number of rotatable bonds is 9. The van der Waals surface area contributed by atoms with Gasteiger partial charge in [0.2, 0.25) is 0 Å². The van der Waals surface area contributed by atoms with Crippen LogP contribution in [0.3, 0.4) is 0 Å². The van der Waals surface area contributed by atoms with E-state index in [0.717, 1.165) is 12.1 Å². The van der Waals surface area contributed by atoms with Gasteiger partial charge in [0.05, 0.1) is 5.56 Å². The van der Waals surface area contributed by atoms with Crippen LogP contribution in [0.25, 0.3) is 0 Å². The number of aryl methyl sites for hydroxylation is 1. The van der Waals surface area contributed by atoms with Gasteiger partial charge in [-0.3, -0.25) is 4.79 Å². The average molecular weight is 502 g/mol. The van der Waals surface area contributed by atoms with Crippen molar-refractivity contribution in [2.24, 2.45) is 0 Å². The summed E-state index contributed by atoms with van der Waals surface area (Å²) < 4.78 is 50.0. The van der Waals surface area contributed by atoms with Crippen molar-refractivity contribution in [1.29, 1.82) is 0 Å². The molecule has 0 unspecified atom stereocenters. The van der Waals surface area contributed by atoms with Crippen molar-refractivity contribution >= 4 is 11.9 Å². The van der Waals surface area contributed by atoms with E-state index in [0.29, 0.717) is 33.9 Å². The van der Waals surface area contributed by atoms with E-state index in [1.165, 1.54) is 19.9 Å². The third kappa shape index (κ3) is 7.00. The minimum Gasteiger partial charge on any atom is -0.478 e. The molecule has 0 saturated carbocycles. The van der Waals surface area contributed by atoms with Gasteiger partial charge in [-0.2, -0.15) is 13.2 Å². The Balaban J connectivity index is 1.61. The van der Waals surface area contributed by atoms with Crippen molar-refractivity contribution in [3.63, 3.8) is 0 Å². The third-order valence-electron chi connectivity index (χ3n) is 5.31. The molecular formula is C27H26F3NO5. The number of hydrogen-bond acceptors (Lipinski definition) is 4. The number of aliphatic carboxylic acids is 1. The molecule has 0 bridgehead atoms. The first-order valence-corrected chi connectivity index (χ1v) is 11.1. The van der Waals surface area contributed by atoms with Crippen LogP contribution in [0.2, 0.25) is 0 Å². The molecule has 3 aromatic carbocycles. The maximum Gasteiger partial charge on any atom is 0.416 e. The molecule has 0 aliphatic carbocycles. The van der Waals surface area contributed by atoms with Gasteiger partial charge < -0.3 is 19.9 Å². The van der Waals surface area contributed by atoms with Crippen LogP contribution in [0.5, 0.6) is 17.2 Å². The number of amides is 1. The molecule has 0 aliphatic heterocycles. The first-order chi connectivity index (χ1) is 16.8. The van der Waals surface area contributed by atoms with E-state index >= 15 is 0 Å². The second-order valence-electron chi connectivity index (χ2n) is 8.68. The van der Waals surface area contributed by atoms with Crippen molar-refractivity contribution < 1.29 is 37.3 Å². The summed E-state index contributed by atoms with van der Waals surface area (Å²) in [6.45, 7) is 4.83. The zero-order chi connectivity index (χ0) is 26.5. The molecule has 0 aliphatic rings. The number of carboxylic acid groups (broad SMARTS) is 1. The average Bonchev–Trinajstić information content (AvgIpc) is 2.80. The van der Waals surface area contributed by atoms with Gasteiger partial charge in [0.25, 0.3) is 5.91 Å². The number of benzene rings is 3. The molecule has 1 amide bonds. The maximum absolute atomic E-state index is 12.9. The number of ether oxygens (including phenoxy) is 2. The predicted octanol–water partition coefficient (Wildman–Crippen LogP) is 6.02. The Kier molecular flexibility index (Phi) is 7.92. The SMILES string of the molecule is Cc1cc(Oc2cccc(C(=O)NCCc3cccc(C(F)(F)F)c3)c2)ccc1OC(C)(C)C(=O)O. The van der Waals surface area contributed by atoms with Gasteiger partial charge in [-0.05, 0) is 80.8 Å². The van der Waals surface area contributed by atoms with E-state index < -0.39 is 23.3 Å². The van der Waals surface area contributed by atoms with Gasteiger partial charge in [-0.1, -0.05) is 24.3 Å². The van der Waals surface area contributed by atoms with E-state index in [4.69, 9.17) is 9.47 Å². The van der Waals surface area contributed by atoms with Crippen LogP contribution in [-0.2, 0) is 17.4 Å². The summed E-state index contributed by atoms with van der Waals surface area (Å²) in [7, 11) is 0. The molecule has 3 aromatic rings. The summed E-state index contributed by atoms with van der Waals surface area (Å²) in [6.07, 6.45) is -4.17. The highest BCUT2D eigenvalue weighted by atomic mass is 19.4. The van der Waals surface area contributed by atoms with E-state index in [1.807, 2.05) is 0 Å². The van der Waals surface area contributed by atoms with Gasteiger partial charge in [-0.25, -0.2) is 4.79 Å². The minimum absolute atomic E-state index is 0.165. The Morgan fingerprint density at radius 1 is 0.944 bits per heavy atom. The molecule has 2 N–H and O–H groups in total. The van der Waals surface area contributed by atoms with Crippen LogP contribution < -0.4 is 14.8 Å². The summed E-state index contributed by atoms with van der Waals surface area (Å²) in [5.41, 5.74) is -0.647. The molecule has 0 fully saturated rings. The van der Waals surface area contributed by atoms with Crippen LogP contribution in [0.1, 0.15) is 40.9 Å². The summed E-state index contributed by atoms with van der Waals surface area (Å²) in [5, 5.41) is 11.9. The van der Waals surface area contributed by atoms with Gasteiger partial charge in [0.15, 0.2) is 5.60 Å². The third-order valence-corrected chi connectivity index (χ3v) is 5.31. The fourth-order valence-corrected chi connectivity index (χ4v) is 3.28. The number of carbonyl (C=O) groups is 2. The van der Waals surface area contributed by atoms with E-state index in [-0.39, 0.29) is 18.9 Å². The zero-order valence-corrected chi connectivity index (χ0v) is 20.0. The molecule has 190 valence electrons. The standard InChI is InChI=1S/C27H26F3NO5/c1-17-14-22(10-11-23(17)36-26(2,3)25(33)34)35-21-9-5-7-19(16-21)24(32)31-13-12-18-6-4-8-20(15-18)27(28,29)30/h4-11,14-16H,12-13H2,1-3H3,(H,31,32)(H,33,34). The lowest BCUT2D eigenvalue weighted by Crippen LogP contribution is -2.38. The normalized spacial score (nSPS) is 11.6. The molecule has 0 heterocycles. The molecule has 9 heteroatoms. The highest BCUT2D eigenvalue weighted by Crippen LogP contribution is 2.31. The second kappa shape index (κ2) is 10.7. The van der Waals surface area contributed by atoms with Crippen LogP contribution in [0.4, 0.5) is 13.2 Å². The van der Waals surface area contributed by atoms with Crippen molar-refractivity contribution in [2.75, 3.05) is 6.54 Å². The Hall–Kier alpha value is -4.01. The zero-order valence-electron chi connectivity index (χ0n) is 20.0. The Morgan fingerprint density at radius 2 is 1.64 bits per heavy atom. The summed E-state index contributed by atoms with van der Waals surface area (Å²) in [5.74, 6) is -0.200. The van der Waals surface area contributed by atoms with Crippen LogP contribution >= 0.6 is 0 Å². The minimum atomic E-state index is -4.42. The quantitative estimate of drug-likeness (QED) is 0.375. The van der Waals surface area contributed by atoms with Gasteiger partial charge in [0, 0.05) is 12.1 Å². The van der Waals surface area contributed by atoms with Crippen molar-refractivity contribution in [2.45, 2.75) is 39.0 Å². The molecule has 0 saturated heterocycles. The summed E-state index contributed by atoms with van der Waals surface area (Å²) in [4.78, 5) is 23.8. The largest absolute Gasteiger partial charge is 0.478 e. The number of carbonyl (C=O) groups excluding carboxylic acids is 1. The molecule has 0 atom stereocenters. The lowest BCUT2D eigenvalue weighted by Gasteiger charge is -2.23. The number of halogens is 3. The predicted molar refractivity (Wildman–Crippen MR) is 128 cm³/mol. The van der Waals surface area contributed by atoms with Crippen LogP contribution in [0.15, 0.2) is 66.7 Å².